The Hall–Kier alpha value is -2.39. The lowest BCUT2D eigenvalue weighted by Gasteiger charge is -2.36. The van der Waals surface area contributed by atoms with Crippen LogP contribution in [0.4, 0.5) is 0 Å². The number of thiophene rings is 1. The van der Waals surface area contributed by atoms with Crippen molar-refractivity contribution in [1.29, 1.82) is 0 Å². The van der Waals surface area contributed by atoms with Crippen LogP contribution in [0.15, 0.2) is 66.0 Å². The molecule has 0 saturated heterocycles. The molecule has 0 fully saturated rings. The van der Waals surface area contributed by atoms with Crippen LogP contribution in [0.25, 0.3) is 0 Å². The standard InChI is InChI=1S/C21H19NOS/c1-15-6-5-9-17(14-15)21(23)22-12-10-19-18(11-13-24-19)20(22)16-7-3-2-4-8-16/h2-9,11,13-14,20H,10,12H2,1H3/t20-/m0/s1. The summed E-state index contributed by atoms with van der Waals surface area (Å²) in [6.45, 7) is 2.79. The van der Waals surface area contributed by atoms with E-state index in [1.165, 1.54) is 16.0 Å². The van der Waals surface area contributed by atoms with Gasteiger partial charge in [-0.2, -0.15) is 0 Å². The second-order valence-corrected chi connectivity index (χ2v) is 7.23. The molecule has 4 rings (SSSR count). The van der Waals surface area contributed by atoms with Gasteiger partial charge >= 0.3 is 0 Å². The predicted molar refractivity (Wildman–Crippen MR) is 98.5 cm³/mol. The molecule has 0 spiro atoms. The molecule has 1 atom stereocenters. The molecule has 0 N–H and O–H groups in total. The summed E-state index contributed by atoms with van der Waals surface area (Å²) in [6, 6.07) is 20.4. The highest BCUT2D eigenvalue weighted by Gasteiger charge is 2.33. The molecule has 2 aromatic carbocycles. The third-order valence-corrected chi connectivity index (χ3v) is 5.60. The summed E-state index contributed by atoms with van der Waals surface area (Å²) in [7, 11) is 0. The fraction of sp³-hybridized carbons (Fsp3) is 0.190. The summed E-state index contributed by atoms with van der Waals surface area (Å²) in [6.07, 6.45) is 0.938. The number of aryl methyl sites for hydroxylation is 1. The molecular weight excluding hydrogens is 314 g/mol. The van der Waals surface area contributed by atoms with Crippen LogP contribution in [0.3, 0.4) is 0 Å². The number of carbonyl (C=O) groups excluding carboxylic acids is 1. The molecule has 2 nitrogen and oxygen atoms in total. The van der Waals surface area contributed by atoms with E-state index >= 15 is 0 Å². The average molecular weight is 333 g/mol. The number of hydrogen-bond acceptors (Lipinski definition) is 2. The smallest absolute Gasteiger partial charge is 0.254 e. The lowest BCUT2D eigenvalue weighted by molar-refractivity contribution is 0.0696. The van der Waals surface area contributed by atoms with Crippen LogP contribution in [0.1, 0.15) is 38.0 Å². The zero-order valence-corrected chi connectivity index (χ0v) is 14.4. The quantitative estimate of drug-likeness (QED) is 0.657. The van der Waals surface area contributed by atoms with E-state index in [1.807, 2.05) is 54.3 Å². The van der Waals surface area contributed by atoms with Gasteiger partial charge in [0.15, 0.2) is 0 Å². The summed E-state index contributed by atoms with van der Waals surface area (Å²) >= 11 is 1.80. The van der Waals surface area contributed by atoms with Crippen LogP contribution < -0.4 is 0 Å². The number of carbonyl (C=O) groups is 1. The molecule has 120 valence electrons. The minimum atomic E-state index is 0.00853. The first kappa shape index (κ1) is 15.2. The van der Waals surface area contributed by atoms with Crippen molar-refractivity contribution < 1.29 is 4.79 Å². The molecule has 1 aliphatic rings. The molecule has 2 heterocycles. The van der Waals surface area contributed by atoms with Crippen molar-refractivity contribution in [1.82, 2.24) is 4.90 Å². The summed E-state index contributed by atoms with van der Waals surface area (Å²) in [5.41, 5.74) is 4.34. The molecule has 24 heavy (non-hydrogen) atoms. The number of hydrogen-bond donors (Lipinski definition) is 0. The normalized spacial score (nSPS) is 16.7. The van der Waals surface area contributed by atoms with Gasteiger partial charge in [0.2, 0.25) is 0 Å². The number of benzene rings is 2. The summed E-state index contributed by atoms with van der Waals surface area (Å²) in [5.74, 6) is 0.115. The first-order chi connectivity index (χ1) is 11.7. The lowest BCUT2D eigenvalue weighted by Crippen LogP contribution is -2.40. The highest BCUT2D eigenvalue weighted by Crippen LogP contribution is 2.38. The summed E-state index contributed by atoms with van der Waals surface area (Å²) < 4.78 is 0. The number of amides is 1. The van der Waals surface area contributed by atoms with Crippen molar-refractivity contribution in [3.63, 3.8) is 0 Å². The maximum atomic E-state index is 13.2. The molecule has 1 aliphatic heterocycles. The SMILES string of the molecule is Cc1cccc(C(=O)N2CCc3sccc3[C@@H]2c2ccccc2)c1. The number of nitrogens with zero attached hydrogens (tertiary/aromatic N) is 1. The van der Waals surface area contributed by atoms with Crippen LogP contribution in [-0.4, -0.2) is 17.4 Å². The van der Waals surface area contributed by atoms with Crippen molar-refractivity contribution in [2.45, 2.75) is 19.4 Å². The zero-order chi connectivity index (χ0) is 16.5. The molecule has 1 amide bonds. The lowest BCUT2D eigenvalue weighted by atomic mass is 9.92. The fourth-order valence-electron chi connectivity index (χ4n) is 3.47. The molecule has 0 unspecified atom stereocenters. The van der Waals surface area contributed by atoms with Gasteiger partial charge in [0.05, 0.1) is 6.04 Å². The number of fused-ring (bicyclic) bond motifs is 1. The van der Waals surface area contributed by atoms with Crippen LogP contribution in [0, 0.1) is 6.92 Å². The minimum Gasteiger partial charge on any atom is -0.327 e. The minimum absolute atomic E-state index is 0.00853. The third kappa shape index (κ3) is 2.65. The van der Waals surface area contributed by atoms with Crippen molar-refractivity contribution in [3.8, 4) is 0 Å². The Balaban J connectivity index is 1.78. The van der Waals surface area contributed by atoms with Gasteiger partial charge in [0, 0.05) is 17.0 Å². The molecule has 0 aliphatic carbocycles. The largest absolute Gasteiger partial charge is 0.327 e. The van der Waals surface area contributed by atoms with E-state index in [2.05, 4.69) is 23.6 Å². The van der Waals surface area contributed by atoms with Crippen LogP contribution in [0.2, 0.25) is 0 Å². The van der Waals surface area contributed by atoms with E-state index in [4.69, 9.17) is 0 Å². The van der Waals surface area contributed by atoms with Crippen molar-refractivity contribution in [2.75, 3.05) is 6.54 Å². The van der Waals surface area contributed by atoms with Gasteiger partial charge in [-0.3, -0.25) is 4.79 Å². The second kappa shape index (κ2) is 6.25. The van der Waals surface area contributed by atoms with E-state index in [9.17, 15) is 4.79 Å². The van der Waals surface area contributed by atoms with Gasteiger partial charge in [-0.15, -0.1) is 11.3 Å². The van der Waals surface area contributed by atoms with Crippen LogP contribution >= 0.6 is 11.3 Å². The molecule has 0 radical (unpaired) electrons. The Kier molecular flexibility index (Phi) is 3.95. The van der Waals surface area contributed by atoms with E-state index in [-0.39, 0.29) is 11.9 Å². The van der Waals surface area contributed by atoms with Crippen molar-refractivity contribution in [2.24, 2.45) is 0 Å². The third-order valence-electron chi connectivity index (χ3n) is 4.61. The molecule has 0 saturated carbocycles. The van der Waals surface area contributed by atoms with Gasteiger partial charge < -0.3 is 4.90 Å². The van der Waals surface area contributed by atoms with E-state index in [0.717, 1.165) is 24.1 Å². The Labute approximate surface area is 146 Å². The Morgan fingerprint density at radius 1 is 1.08 bits per heavy atom. The summed E-state index contributed by atoms with van der Waals surface area (Å²) in [4.78, 5) is 16.6. The fourth-order valence-corrected chi connectivity index (χ4v) is 4.38. The maximum Gasteiger partial charge on any atom is 0.254 e. The van der Waals surface area contributed by atoms with E-state index < -0.39 is 0 Å². The Morgan fingerprint density at radius 2 is 1.92 bits per heavy atom. The van der Waals surface area contributed by atoms with Gasteiger partial charge in [-0.05, 0) is 48.1 Å². The highest BCUT2D eigenvalue weighted by atomic mass is 32.1. The monoisotopic (exact) mass is 333 g/mol. The van der Waals surface area contributed by atoms with E-state index in [1.54, 1.807) is 11.3 Å². The Bertz CT molecular complexity index is 868. The van der Waals surface area contributed by atoms with Gasteiger partial charge in [-0.25, -0.2) is 0 Å². The van der Waals surface area contributed by atoms with Crippen molar-refractivity contribution >= 4 is 17.2 Å². The zero-order valence-electron chi connectivity index (χ0n) is 13.6. The van der Waals surface area contributed by atoms with Crippen LogP contribution in [0.5, 0.6) is 0 Å². The van der Waals surface area contributed by atoms with Crippen LogP contribution in [-0.2, 0) is 6.42 Å². The molecule has 0 bridgehead atoms. The van der Waals surface area contributed by atoms with Gasteiger partial charge in [-0.1, -0.05) is 48.0 Å². The van der Waals surface area contributed by atoms with Crippen molar-refractivity contribution in [3.05, 3.63) is 93.2 Å². The molecule has 3 heteroatoms. The molecule has 3 aromatic rings. The molecule has 1 aromatic heterocycles. The topological polar surface area (TPSA) is 20.3 Å². The van der Waals surface area contributed by atoms with E-state index in [0.29, 0.717) is 0 Å². The summed E-state index contributed by atoms with van der Waals surface area (Å²) in [5, 5.41) is 2.14. The Morgan fingerprint density at radius 3 is 2.71 bits per heavy atom. The highest BCUT2D eigenvalue weighted by molar-refractivity contribution is 7.10. The van der Waals surface area contributed by atoms with Gasteiger partial charge in [0.1, 0.15) is 0 Å². The predicted octanol–water partition coefficient (Wildman–Crippen LogP) is 4.84. The average Bonchev–Trinajstić information content (AvgIpc) is 3.09. The second-order valence-electron chi connectivity index (χ2n) is 6.23. The number of rotatable bonds is 2. The first-order valence-corrected chi connectivity index (χ1v) is 9.11. The maximum absolute atomic E-state index is 13.2. The van der Waals surface area contributed by atoms with Gasteiger partial charge in [0.25, 0.3) is 5.91 Å². The molecular formula is C21H19NOS. The first-order valence-electron chi connectivity index (χ1n) is 8.23.